The van der Waals surface area contributed by atoms with E-state index in [1.54, 1.807) is 24.3 Å². The number of nitrogens with zero attached hydrogens (tertiary/aromatic N) is 4. The second kappa shape index (κ2) is 11.9. The Kier molecular flexibility index (Phi) is 8.18. The molecule has 1 aromatic heterocycles. The molecule has 0 saturated carbocycles. The molecule has 0 atom stereocenters. The topological polar surface area (TPSA) is 89.4 Å². The molecule has 1 N–H and O–H groups in total. The molecule has 0 spiro atoms. The van der Waals surface area contributed by atoms with Crippen LogP contribution in [0.15, 0.2) is 71.9 Å². The highest BCUT2D eigenvalue weighted by atomic mass is 35.5. The minimum Gasteiger partial charge on any atom is -0.484 e. The van der Waals surface area contributed by atoms with Crippen molar-refractivity contribution in [3.63, 3.8) is 0 Å². The van der Waals surface area contributed by atoms with Crippen LogP contribution in [0.5, 0.6) is 5.75 Å². The fraction of sp³-hybridized carbons (Fsp3) is 0.241. The normalized spacial score (nSPS) is 12.3. The summed E-state index contributed by atoms with van der Waals surface area (Å²) in [7, 11) is 0. The van der Waals surface area contributed by atoms with Crippen LogP contribution >= 0.6 is 23.4 Å². The average Bonchev–Trinajstić information content (AvgIpc) is 3.56. The molecule has 10 heteroatoms. The molecule has 0 unspecified atom stereocenters. The summed E-state index contributed by atoms with van der Waals surface area (Å²) in [4.78, 5) is 27.5. The lowest BCUT2D eigenvalue weighted by atomic mass is 10.1. The minimum absolute atomic E-state index is 0.0228. The van der Waals surface area contributed by atoms with Gasteiger partial charge in [-0.2, -0.15) is 0 Å². The lowest BCUT2D eigenvalue weighted by Crippen LogP contribution is -2.30. The number of hydrogen-bond donors (Lipinski definition) is 1. The fourth-order valence-electron chi connectivity index (χ4n) is 4.42. The van der Waals surface area contributed by atoms with Gasteiger partial charge in [-0.3, -0.25) is 14.2 Å². The van der Waals surface area contributed by atoms with Gasteiger partial charge < -0.3 is 15.0 Å². The number of ether oxygens (including phenoxy) is 1. The molecular formula is C29H28ClN5O3S. The highest BCUT2D eigenvalue weighted by Gasteiger charge is 2.25. The van der Waals surface area contributed by atoms with Gasteiger partial charge in [-0.15, -0.1) is 10.2 Å². The SMILES string of the molecule is Cc1ccc(C)c(-n2c(CNC(=O)COc3ccc(Cl)cc3)nnc2SCC(=O)N2CCc3ccccc32)c1. The molecule has 39 heavy (non-hydrogen) atoms. The molecule has 1 aliphatic rings. The number of carbonyl (C=O) groups excluding carboxylic acids is 2. The minimum atomic E-state index is -0.294. The first-order valence-electron chi connectivity index (χ1n) is 12.6. The van der Waals surface area contributed by atoms with Gasteiger partial charge in [-0.1, -0.05) is 53.7 Å². The number of aryl methyl sites for hydroxylation is 2. The molecule has 0 fully saturated rings. The van der Waals surface area contributed by atoms with Crippen molar-refractivity contribution in [3.05, 3.63) is 94.3 Å². The number of rotatable bonds is 9. The lowest BCUT2D eigenvalue weighted by Gasteiger charge is -2.17. The molecular weight excluding hydrogens is 534 g/mol. The van der Waals surface area contributed by atoms with Gasteiger partial charge in [0.15, 0.2) is 17.6 Å². The Balaban J connectivity index is 1.30. The smallest absolute Gasteiger partial charge is 0.258 e. The third-order valence-electron chi connectivity index (χ3n) is 6.45. The van der Waals surface area contributed by atoms with Crippen LogP contribution in [-0.4, -0.2) is 45.5 Å². The van der Waals surface area contributed by atoms with E-state index in [0.717, 1.165) is 28.9 Å². The molecule has 0 saturated heterocycles. The van der Waals surface area contributed by atoms with Crippen LogP contribution in [0.1, 0.15) is 22.5 Å². The lowest BCUT2D eigenvalue weighted by molar-refractivity contribution is -0.123. The van der Waals surface area contributed by atoms with Crippen molar-refractivity contribution in [1.82, 2.24) is 20.1 Å². The zero-order chi connectivity index (χ0) is 27.4. The summed E-state index contributed by atoms with van der Waals surface area (Å²) in [5, 5.41) is 12.8. The number of para-hydroxylation sites is 1. The van der Waals surface area contributed by atoms with Crippen molar-refractivity contribution in [2.75, 3.05) is 23.8 Å². The zero-order valence-corrected chi connectivity index (χ0v) is 23.3. The van der Waals surface area contributed by atoms with Crippen LogP contribution in [0, 0.1) is 13.8 Å². The Morgan fingerprint density at radius 2 is 1.82 bits per heavy atom. The number of anilines is 1. The average molecular weight is 562 g/mol. The maximum Gasteiger partial charge on any atom is 0.258 e. The summed E-state index contributed by atoms with van der Waals surface area (Å²) >= 11 is 7.24. The van der Waals surface area contributed by atoms with Gasteiger partial charge in [0.25, 0.3) is 5.91 Å². The third kappa shape index (κ3) is 6.26. The van der Waals surface area contributed by atoms with Crippen molar-refractivity contribution in [2.45, 2.75) is 32.0 Å². The quantitative estimate of drug-likeness (QED) is 0.292. The molecule has 5 rings (SSSR count). The number of carbonyl (C=O) groups is 2. The first kappa shape index (κ1) is 26.8. The highest BCUT2D eigenvalue weighted by molar-refractivity contribution is 7.99. The van der Waals surface area contributed by atoms with E-state index in [-0.39, 0.29) is 30.7 Å². The Morgan fingerprint density at radius 1 is 1.03 bits per heavy atom. The summed E-state index contributed by atoms with van der Waals surface area (Å²) in [6, 6.07) is 20.9. The van der Waals surface area contributed by atoms with Crippen molar-refractivity contribution in [1.29, 1.82) is 0 Å². The Morgan fingerprint density at radius 3 is 2.64 bits per heavy atom. The van der Waals surface area contributed by atoms with Crippen LogP contribution < -0.4 is 15.0 Å². The maximum atomic E-state index is 13.1. The van der Waals surface area contributed by atoms with Crippen molar-refractivity contribution in [2.24, 2.45) is 0 Å². The van der Waals surface area contributed by atoms with Gasteiger partial charge in [0.05, 0.1) is 18.0 Å². The van der Waals surface area contributed by atoms with Gasteiger partial charge in [0.2, 0.25) is 5.91 Å². The van der Waals surface area contributed by atoms with E-state index in [9.17, 15) is 9.59 Å². The van der Waals surface area contributed by atoms with E-state index in [0.29, 0.717) is 28.3 Å². The Bertz CT molecular complexity index is 1510. The van der Waals surface area contributed by atoms with Crippen LogP contribution in [0.4, 0.5) is 5.69 Å². The maximum absolute atomic E-state index is 13.1. The van der Waals surface area contributed by atoms with E-state index in [2.05, 4.69) is 27.6 Å². The van der Waals surface area contributed by atoms with Crippen molar-refractivity contribution in [3.8, 4) is 11.4 Å². The largest absolute Gasteiger partial charge is 0.484 e. The van der Waals surface area contributed by atoms with Gasteiger partial charge >= 0.3 is 0 Å². The predicted molar refractivity (Wildman–Crippen MR) is 153 cm³/mol. The number of thioether (sulfide) groups is 1. The summed E-state index contributed by atoms with van der Waals surface area (Å²) in [6.07, 6.45) is 0.858. The summed E-state index contributed by atoms with van der Waals surface area (Å²) < 4.78 is 7.46. The van der Waals surface area contributed by atoms with Gasteiger partial charge in [0, 0.05) is 17.3 Å². The molecule has 200 valence electrons. The van der Waals surface area contributed by atoms with E-state index in [1.807, 2.05) is 53.6 Å². The number of hydrogen-bond acceptors (Lipinski definition) is 6. The van der Waals surface area contributed by atoms with Gasteiger partial charge in [0.1, 0.15) is 5.75 Å². The van der Waals surface area contributed by atoms with Crippen molar-refractivity contribution < 1.29 is 14.3 Å². The second-order valence-electron chi connectivity index (χ2n) is 9.26. The van der Waals surface area contributed by atoms with E-state index < -0.39 is 0 Å². The molecule has 8 nitrogen and oxygen atoms in total. The van der Waals surface area contributed by atoms with Crippen LogP contribution in [0.3, 0.4) is 0 Å². The van der Waals surface area contributed by atoms with Gasteiger partial charge in [-0.25, -0.2) is 0 Å². The van der Waals surface area contributed by atoms with Gasteiger partial charge in [-0.05, 0) is 73.4 Å². The first-order valence-corrected chi connectivity index (χ1v) is 13.9. The fourth-order valence-corrected chi connectivity index (χ4v) is 5.39. The molecule has 0 aliphatic carbocycles. The second-order valence-corrected chi connectivity index (χ2v) is 10.6. The van der Waals surface area contributed by atoms with E-state index in [4.69, 9.17) is 16.3 Å². The van der Waals surface area contributed by atoms with E-state index in [1.165, 1.54) is 17.3 Å². The Labute approximate surface area is 236 Å². The molecule has 2 heterocycles. The molecule has 0 radical (unpaired) electrons. The third-order valence-corrected chi connectivity index (χ3v) is 7.61. The standard InChI is InChI=1S/C29H28ClN5O3S/c1-19-7-8-20(2)25(15-19)35-26(16-31-27(36)17-38-23-11-9-22(30)10-12-23)32-33-29(35)39-18-28(37)34-14-13-21-5-3-4-6-24(21)34/h3-12,15H,13-14,16-18H2,1-2H3,(H,31,36). The molecule has 3 aromatic carbocycles. The van der Waals surface area contributed by atoms with E-state index >= 15 is 0 Å². The van der Waals surface area contributed by atoms with Crippen LogP contribution in [0.2, 0.25) is 5.02 Å². The summed E-state index contributed by atoms with van der Waals surface area (Å²) in [6.45, 7) is 4.71. The number of benzene rings is 3. The number of amides is 2. The summed E-state index contributed by atoms with van der Waals surface area (Å²) in [5.41, 5.74) is 5.18. The molecule has 4 aromatic rings. The monoisotopic (exact) mass is 561 g/mol. The predicted octanol–water partition coefficient (Wildman–Crippen LogP) is 4.91. The number of aromatic nitrogens is 3. The highest BCUT2D eigenvalue weighted by Crippen LogP contribution is 2.30. The number of halogens is 1. The van der Waals surface area contributed by atoms with Crippen LogP contribution in [0.25, 0.3) is 5.69 Å². The molecule has 0 bridgehead atoms. The first-order chi connectivity index (χ1) is 18.9. The van der Waals surface area contributed by atoms with Crippen LogP contribution in [-0.2, 0) is 22.6 Å². The summed E-state index contributed by atoms with van der Waals surface area (Å²) in [5.74, 6) is 1.06. The number of nitrogens with one attached hydrogen (secondary N) is 1. The Hall–Kier alpha value is -3.82. The van der Waals surface area contributed by atoms with Crippen molar-refractivity contribution >= 4 is 40.9 Å². The number of fused-ring (bicyclic) bond motifs is 1. The zero-order valence-electron chi connectivity index (χ0n) is 21.7. The molecule has 1 aliphatic heterocycles. The molecule has 2 amide bonds.